The van der Waals surface area contributed by atoms with Gasteiger partial charge >= 0.3 is 0 Å². The minimum atomic E-state index is -3.76. The van der Waals surface area contributed by atoms with E-state index in [9.17, 15) is 8.42 Å². The Balaban J connectivity index is 2.50. The summed E-state index contributed by atoms with van der Waals surface area (Å²) in [7, 11) is -2.24. The molecule has 2 aromatic rings. The Morgan fingerprint density at radius 2 is 1.75 bits per heavy atom. The zero-order valence-electron chi connectivity index (χ0n) is 11.0. The van der Waals surface area contributed by atoms with E-state index < -0.39 is 10.0 Å². The van der Waals surface area contributed by atoms with Crippen molar-refractivity contribution in [1.29, 1.82) is 0 Å². The first-order valence-electron chi connectivity index (χ1n) is 5.57. The summed E-state index contributed by atoms with van der Waals surface area (Å²) in [5.41, 5.74) is 2.21. The van der Waals surface area contributed by atoms with E-state index in [1.54, 1.807) is 0 Å². The Bertz CT molecular complexity index is 728. The Morgan fingerprint density at radius 1 is 1.20 bits per heavy atom. The lowest BCUT2D eigenvalue weighted by Gasteiger charge is -2.13. The fourth-order valence-corrected chi connectivity index (χ4v) is 4.85. The second-order valence-electron chi connectivity index (χ2n) is 4.33. The van der Waals surface area contributed by atoms with Gasteiger partial charge < -0.3 is 0 Å². The highest BCUT2D eigenvalue weighted by Gasteiger charge is 2.25. The van der Waals surface area contributed by atoms with E-state index in [1.165, 1.54) is 11.7 Å². The van der Waals surface area contributed by atoms with Gasteiger partial charge in [-0.25, -0.2) is 4.68 Å². The quantitative estimate of drug-likeness (QED) is 0.823. The summed E-state index contributed by atoms with van der Waals surface area (Å²) in [5, 5.41) is 7.35. The first kappa shape index (κ1) is 15.5. The molecule has 20 heavy (non-hydrogen) atoms. The molecule has 0 atom stereocenters. The molecule has 2 rings (SSSR count). The number of aryl methyl sites for hydroxylation is 3. The first-order chi connectivity index (χ1) is 9.22. The molecule has 0 saturated heterocycles. The molecule has 1 heterocycles. The van der Waals surface area contributed by atoms with E-state index in [-0.39, 0.29) is 9.63 Å². The van der Waals surface area contributed by atoms with E-state index in [2.05, 4.69) is 46.9 Å². The van der Waals surface area contributed by atoms with Crippen molar-refractivity contribution in [1.82, 2.24) is 15.0 Å². The third-order valence-electron chi connectivity index (χ3n) is 2.73. The van der Waals surface area contributed by atoms with Crippen LogP contribution < -0.4 is 4.72 Å². The number of nitrogens with one attached hydrogen (secondary N) is 1. The van der Waals surface area contributed by atoms with Crippen molar-refractivity contribution >= 4 is 47.6 Å². The summed E-state index contributed by atoms with van der Waals surface area (Å²) in [6, 6.07) is 3.70. The van der Waals surface area contributed by atoms with E-state index >= 15 is 0 Å². The fourth-order valence-electron chi connectivity index (χ4n) is 1.86. The van der Waals surface area contributed by atoms with E-state index in [1.807, 2.05) is 26.0 Å². The maximum atomic E-state index is 12.4. The highest BCUT2D eigenvalue weighted by atomic mass is 79.9. The highest BCUT2D eigenvalue weighted by Crippen LogP contribution is 2.28. The number of rotatable bonds is 3. The Morgan fingerprint density at radius 3 is 2.20 bits per heavy atom. The molecule has 1 N–H and O–H groups in total. The maximum absolute atomic E-state index is 12.4. The van der Waals surface area contributed by atoms with Crippen LogP contribution in [0.2, 0.25) is 0 Å². The van der Waals surface area contributed by atoms with Crippen LogP contribution in [0.4, 0.5) is 5.69 Å². The standard InChI is InChI=1S/C11H12Br2N4O2S/c1-6-4-8(12)5-7(2)9(6)15-20(18,19)11-10(13)14-16-17(11)3/h4-5,15H,1-3H3. The lowest BCUT2D eigenvalue weighted by molar-refractivity contribution is 0.578. The van der Waals surface area contributed by atoms with Gasteiger partial charge in [-0.2, -0.15) is 8.42 Å². The molecule has 0 fully saturated rings. The molecule has 9 heteroatoms. The van der Waals surface area contributed by atoms with Crippen LogP contribution in [0, 0.1) is 13.8 Å². The highest BCUT2D eigenvalue weighted by molar-refractivity contribution is 9.10. The van der Waals surface area contributed by atoms with Crippen molar-refractivity contribution in [3.8, 4) is 0 Å². The van der Waals surface area contributed by atoms with Gasteiger partial charge in [-0.05, 0) is 53.0 Å². The average Bonchev–Trinajstić information content (AvgIpc) is 2.64. The predicted molar refractivity (Wildman–Crippen MR) is 83.1 cm³/mol. The zero-order chi connectivity index (χ0) is 15.1. The van der Waals surface area contributed by atoms with Crippen molar-refractivity contribution in [2.75, 3.05) is 4.72 Å². The van der Waals surface area contributed by atoms with E-state index in [0.29, 0.717) is 5.69 Å². The van der Waals surface area contributed by atoms with Crippen LogP contribution in [-0.2, 0) is 17.1 Å². The molecule has 0 amide bonds. The number of hydrogen-bond acceptors (Lipinski definition) is 4. The molecule has 1 aromatic heterocycles. The molecule has 0 saturated carbocycles. The van der Waals surface area contributed by atoms with Gasteiger partial charge in [0.15, 0.2) is 4.60 Å². The fraction of sp³-hybridized carbons (Fsp3) is 0.273. The zero-order valence-corrected chi connectivity index (χ0v) is 15.0. The first-order valence-corrected chi connectivity index (χ1v) is 8.64. The van der Waals surface area contributed by atoms with Gasteiger partial charge in [0.05, 0.1) is 5.69 Å². The molecule has 0 bridgehead atoms. The van der Waals surface area contributed by atoms with Gasteiger partial charge in [-0.3, -0.25) is 4.72 Å². The molecule has 108 valence electrons. The number of anilines is 1. The molecular formula is C11H12Br2N4O2S. The third-order valence-corrected chi connectivity index (χ3v) is 5.42. The molecule has 0 aliphatic carbocycles. The summed E-state index contributed by atoms with van der Waals surface area (Å²) < 4.78 is 29.8. The van der Waals surface area contributed by atoms with Gasteiger partial charge in [0.1, 0.15) is 0 Å². The molecule has 0 radical (unpaired) electrons. The van der Waals surface area contributed by atoms with Crippen molar-refractivity contribution in [2.24, 2.45) is 7.05 Å². The Kier molecular flexibility index (Phi) is 4.22. The van der Waals surface area contributed by atoms with Crippen LogP contribution >= 0.6 is 31.9 Å². The van der Waals surface area contributed by atoms with Gasteiger partial charge in [-0.1, -0.05) is 21.1 Å². The topological polar surface area (TPSA) is 76.9 Å². The van der Waals surface area contributed by atoms with Crippen molar-refractivity contribution in [2.45, 2.75) is 18.9 Å². The Labute approximate surface area is 133 Å². The number of halogens is 2. The largest absolute Gasteiger partial charge is 0.281 e. The van der Waals surface area contributed by atoms with E-state index in [0.717, 1.165) is 15.6 Å². The lowest BCUT2D eigenvalue weighted by atomic mass is 10.1. The van der Waals surface area contributed by atoms with E-state index in [4.69, 9.17) is 0 Å². The molecule has 0 spiro atoms. The summed E-state index contributed by atoms with van der Waals surface area (Å²) in [6.45, 7) is 3.68. The van der Waals surface area contributed by atoms with Crippen LogP contribution in [0.1, 0.15) is 11.1 Å². The second-order valence-corrected chi connectivity index (χ2v) is 7.59. The molecule has 0 aliphatic heterocycles. The summed E-state index contributed by atoms with van der Waals surface area (Å²) in [6.07, 6.45) is 0. The summed E-state index contributed by atoms with van der Waals surface area (Å²) >= 11 is 6.47. The molecule has 6 nitrogen and oxygen atoms in total. The molecule has 0 unspecified atom stereocenters. The monoisotopic (exact) mass is 422 g/mol. The molecular weight excluding hydrogens is 412 g/mol. The number of sulfonamides is 1. The normalized spacial score (nSPS) is 11.7. The predicted octanol–water partition coefficient (Wildman–Crippen LogP) is 2.76. The number of aromatic nitrogens is 3. The van der Waals surface area contributed by atoms with Gasteiger partial charge in [0.25, 0.3) is 10.0 Å². The lowest BCUT2D eigenvalue weighted by Crippen LogP contribution is -2.18. The maximum Gasteiger partial charge on any atom is 0.281 e. The second kappa shape index (κ2) is 5.45. The molecule has 1 aromatic carbocycles. The van der Waals surface area contributed by atoms with Gasteiger partial charge in [-0.15, -0.1) is 5.10 Å². The minimum absolute atomic E-state index is 0.0146. The number of nitrogens with zero attached hydrogens (tertiary/aromatic N) is 3. The number of hydrogen-bond donors (Lipinski definition) is 1. The van der Waals surface area contributed by atoms with Crippen LogP contribution in [0.5, 0.6) is 0 Å². The number of benzene rings is 1. The third kappa shape index (κ3) is 2.89. The van der Waals surface area contributed by atoms with Crippen LogP contribution in [0.3, 0.4) is 0 Å². The van der Waals surface area contributed by atoms with Crippen molar-refractivity contribution in [3.63, 3.8) is 0 Å². The minimum Gasteiger partial charge on any atom is -0.278 e. The van der Waals surface area contributed by atoms with Crippen LogP contribution in [0.15, 0.2) is 26.2 Å². The van der Waals surface area contributed by atoms with Crippen molar-refractivity contribution < 1.29 is 8.42 Å². The average molecular weight is 424 g/mol. The summed E-state index contributed by atoms with van der Waals surface area (Å²) in [5.74, 6) is 0. The van der Waals surface area contributed by atoms with Gasteiger partial charge in [0.2, 0.25) is 5.03 Å². The summed E-state index contributed by atoms with van der Waals surface area (Å²) in [4.78, 5) is 0. The molecule has 0 aliphatic rings. The van der Waals surface area contributed by atoms with Gasteiger partial charge in [0, 0.05) is 11.5 Å². The smallest absolute Gasteiger partial charge is 0.278 e. The SMILES string of the molecule is Cc1cc(Br)cc(C)c1NS(=O)(=O)c1c(Br)nnn1C. The Hall–Kier alpha value is -0.930. The van der Waals surface area contributed by atoms with Crippen LogP contribution in [-0.4, -0.2) is 23.4 Å². The van der Waals surface area contributed by atoms with Crippen LogP contribution in [0.25, 0.3) is 0 Å². The van der Waals surface area contributed by atoms with Crippen molar-refractivity contribution in [3.05, 3.63) is 32.3 Å².